The first-order chi connectivity index (χ1) is 9.83. The number of likely N-dealkylation sites (tertiary alicyclic amines) is 1. The molecule has 1 aromatic carbocycles. The summed E-state index contributed by atoms with van der Waals surface area (Å²) < 4.78 is 0. The fraction of sp³-hybridized carbons (Fsp3) is 0.588. The van der Waals surface area contributed by atoms with Gasteiger partial charge < -0.3 is 10.2 Å². The molecule has 0 spiro atoms. The van der Waals surface area contributed by atoms with Crippen molar-refractivity contribution in [3.63, 3.8) is 0 Å². The van der Waals surface area contributed by atoms with E-state index < -0.39 is 0 Å². The number of carbonyl (C=O) groups is 1. The molecule has 0 radical (unpaired) electrons. The maximum Gasteiger partial charge on any atom is 0.226 e. The van der Waals surface area contributed by atoms with Gasteiger partial charge in [0, 0.05) is 19.6 Å². The van der Waals surface area contributed by atoms with E-state index >= 15 is 0 Å². The van der Waals surface area contributed by atoms with Crippen LogP contribution in [0.15, 0.2) is 24.3 Å². The van der Waals surface area contributed by atoms with Crippen LogP contribution in [0.4, 0.5) is 0 Å². The molecule has 1 N–H and O–H groups in total. The van der Waals surface area contributed by atoms with Crippen molar-refractivity contribution in [3.05, 3.63) is 35.4 Å². The number of hydrogen-bond donors (Lipinski definition) is 1. The number of amides is 1. The molecule has 0 bridgehead atoms. The van der Waals surface area contributed by atoms with Gasteiger partial charge in [-0.15, -0.1) is 0 Å². The number of benzene rings is 1. The Kier molecular flexibility index (Phi) is 4.36. The van der Waals surface area contributed by atoms with Crippen molar-refractivity contribution in [1.82, 2.24) is 10.2 Å². The van der Waals surface area contributed by atoms with Crippen LogP contribution in [0.2, 0.25) is 0 Å². The molecule has 2 fully saturated rings. The van der Waals surface area contributed by atoms with Crippen LogP contribution in [0.1, 0.15) is 42.7 Å². The maximum atomic E-state index is 12.2. The first kappa shape index (κ1) is 13.6. The summed E-state index contributed by atoms with van der Waals surface area (Å²) in [6.45, 7) is 4.11. The summed E-state index contributed by atoms with van der Waals surface area (Å²) in [5.74, 6) is 0.946. The van der Waals surface area contributed by atoms with E-state index in [4.69, 9.17) is 0 Å². The Morgan fingerprint density at radius 2 is 1.90 bits per heavy atom. The molecular weight excluding hydrogens is 248 g/mol. The normalized spacial score (nSPS) is 23.0. The number of nitrogens with one attached hydrogen (secondary N) is 1. The molecule has 0 aromatic heterocycles. The van der Waals surface area contributed by atoms with Gasteiger partial charge in [-0.05, 0) is 49.3 Å². The van der Waals surface area contributed by atoms with Crippen molar-refractivity contribution in [1.29, 1.82) is 0 Å². The van der Waals surface area contributed by atoms with Crippen molar-refractivity contribution < 1.29 is 4.79 Å². The third-order valence-corrected chi connectivity index (χ3v) is 4.58. The van der Waals surface area contributed by atoms with Crippen LogP contribution in [-0.2, 0) is 11.2 Å². The summed E-state index contributed by atoms with van der Waals surface area (Å²) in [6.07, 6.45) is 5.39. The van der Waals surface area contributed by atoms with E-state index in [0.717, 1.165) is 31.7 Å². The summed E-state index contributed by atoms with van der Waals surface area (Å²) in [6, 6.07) is 8.68. The highest BCUT2D eigenvalue weighted by Crippen LogP contribution is 2.22. The lowest BCUT2D eigenvalue weighted by Gasteiger charge is -2.26. The standard InChI is InChI=1S/C17H24N2O/c20-17(19-10-2-1-3-11-19)12-14-4-6-15(7-5-14)16-8-9-18-13-16/h4-7,16,18H,1-3,8-13H2. The molecule has 3 nitrogen and oxygen atoms in total. The molecule has 1 aromatic rings. The zero-order valence-electron chi connectivity index (χ0n) is 12.1. The Morgan fingerprint density at radius 3 is 2.55 bits per heavy atom. The summed E-state index contributed by atoms with van der Waals surface area (Å²) in [5.41, 5.74) is 2.56. The third kappa shape index (κ3) is 3.21. The first-order valence-electron chi connectivity index (χ1n) is 7.90. The monoisotopic (exact) mass is 272 g/mol. The Labute approximate surface area is 121 Å². The van der Waals surface area contributed by atoms with E-state index in [1.165, 1.54) is 31.2 Å². The molecule has 1 atom stereocenters. The second-order valence-corrected chi connectivity index (χ2v) is 6.05. The van der Waals surface area contributed by atoms with E-state index in [-0.39, 0.29) is 0 Å². The van der Waals surface area contributed by atoms with Gasteiger partial charge in [0.15, 0.2) is 0 Å². The van der Waals surface area contributed by atoms with Gasteiger partial charge in [0.25, 0.3) is 0 Å². The smallest absolute Gasteiger partial charge is 0.226 e. The van der Waals surface area contributed by atoms with Crippen LogP contribution in [0.3, 0.4) is 0 Å². The summed E-state index contributed by atoms with van der Waals surface area (Å²) in [5, 5.41) is 3.40. The SMILES string of the molecule is O=C(Cc1ccc(C2CCNC2)cc1)N1CCCCC1. The lowest BCUT2D eigenvalue weighted by atomic mass is 9.96. The number of hydrogen-bond acceptors (Lipinski definition) is 2. The van der Waals surface area contributed by atoms with Gasteiger partial charge in [0.05, 0.1) is 6.42 Å². The van der Waals surface area contributed by atoms with Crippen LogP contribution in [-0.4, -0.2) is 37.0 Å². The average Bonchev–Trinajstić information content (AvgIpc) is 3.03. The van der Waals surface area contributed by atoms with Crippen molar-refractivity contribution in [3.8, 4) is 0 Å². The Balaban J connectivity index is 1.58. The van der Waals surface area contributed by atoms with Crippen LogP contribution in [0.25, 0.3) is 0 Å². The van der Waals surface area contributed by atoms with Gasteiger partial charge in [0.2, 0.25) is 5.91 Å². The molecular formula is C17H24N2O. The largest absolute Gasteiger partial charge is 0.342 e. The second-order valence-electron chi connectivity index (χ2n) is 6.05. The highest BCUT2D eigenvalue weighted by molar-refractivity contribution is 5.78. The van der Waals surface area contributed by atoms with Crippen LogP contribution in [0, 0.1) is 0 Å². The first-order valence-corrected chi connectivity index (χ1v) is 7.90. The van der Waals surface area contributed by atoms with Gasteiger partial charge in [-0.2, -0.15) is 0 Å². The van der Waals surface area contributed by atoms with Gasteiger partial charge in [-0.1, -0.05) is 24.3 Å². The Bertz CT molecular complexity index is 443. The van der Waals surface area contributed by atoms with E-state index in [0.29, 0.717) is 18.2 Å². The number of rotatable bonds is 3. The van der Waals surface area contributed by atoms with Gasteiger partial charge in [-0.3, -0.25) is 4.79 Å². The lowest BCUT2D eigenvalue weighted by molar-refractivity contribution is -0.131. The van der Waals surface area contributed by atoms with Crippen LogP contribution in [0.5, 0.6) is 0 Å². The number of carbonyl (C=O) groups excluding carboxylic acids is 1. The maximum absolute atomic E-state index is 12.2. The Morgan fingerprint density at radius 1 is 1.15 bits per heavy atom. The van der Waals surface area contributed by atoms with E-state index in [2.05, 4.69) is 29.6 Å². The molecule has 20 heavy (non-hydrogen) atoms. The summed E-state index contributed by atoms with van der Waals surface area (Å²) in [7, 11) is 0. The average molecular weight is 272 g/mol. The fourth-order valence-corrected chi connectivity index (χ4v) is 3.28. The molecule has 1 unspecified atom stereocenters. The predicted octanol–water partition coefficient (Wildman–Crippen LogP) is 2.32. The summed E-state index contributed by atoms with van der Waals surface area (Å²) >= 11 is 0. The minimum atomic E-state index is 0.292. The Hall–Kier alpha value is -1.35. The lowest BCUT2D eigenvalue weighted by Crippen LogP contribution is -2.36. The molecule has 3 heteroatoms. The van der Waals surface area contributed by atoms with E-state index in [1.807, 2.05) is 4.90 Å². The quantitative estimate of drug-likeness (QED) is 0.916. The molecule has 0 saturated carbocycles. The van der Waals surface area contributed by atoms with Crippen molar-refractivity contribution in [2.24, 2.45) is 0 Å². The molecule has 3 rings (SSSR count). The second kappa shape index (κ2) is 6.40. The molecule has 1 amide bonds. The summed E-state index contributed by atoms with van der Waals surface area (Å²) in [4.78, 5) is 14.3. The predicted molar refractivity (Wildman–Crippen MR) is 80.8 cm³/mol. The van der Waals surface area contributed by atoms with Crippen molar-refractivity contribution in [2.45, 2.75) is 38.0 Å². The van der Waals surface area contributed by atoms with Crippen molar-refractivity contribution in [2.75, 3.05) is 26.2 Å². The highest BCUT2D eigenvalue weighted by Gasteiger charge is 2.18. The molecule has 2 aliphatic heterocycles. The molecule has 2 aliphatic rings. The zero-order chi connectivity index (χ0) is 13.8. The van der Waals surface area contributed by atoms with Crippen molar-refractivity contribution >= 4 is 5.91 Å². The minimum absolute atomic E-state index is 0.292. The molecule has 108 valence electrons. The molecule has 2 saturated heterocycles. The number of nitrogens with zero attached hydrogens (tertiary/aromatic N) is 1. The highest BCUT2D eigenvalue weighted by atomic mass is 16.2. The zero-order valence-corrected chi connectivity index (χ0v) is 12.1. The van der Waals surface area contributed by atoms with E-state index in [9.17, 15) is 4.79 Å². The van der Waals surface area contributed by atoms with Gasteiger partial charge in [-0.25, -0.2) is 0 Å². The minimum Gasteiger partial charge on any atom is -0.342 e. The fourth-order valence-electron chi connectivity index (χ4n) is 3.28. The van der Waals surface area contributed by atoms with Gasteiger partial charge in [0.1, 0.15) is 0 Å². The van der Waals surface area contributed by atoms with Crippen LogP contribution >= 0.6 is 0 Å². The molecule has 2 heterocycles. The molecule has 0 aliphatic carbocycles. The third-order valence-electron chi connectivity index (χ3n) is 4.58. The van der Waals surface area contributed by atoms with E-state index in [1.54, 1.807) is 0 Å². The number of piperidine rings is 1. The topological polar surface area (TPSA) is 32.3 Å². The van der Waals surface area contributed by atoms with Crippen LogP contribution < -0.4 is 5.32 Å². The van der Waals surface area contributed by atoms with Gasteiger partial charge >= 0.3 is 0 Å².